The highest BCUT2D eigenvalue weighted by molar-refractivity contribution is 7.80. The van der Waals surface area contributed by atoms with Crippen molar-refractivity contribution < 1.29 is 14.3 Å². The molecule has 0 aliphatic rings. The number of benzene rings is 2. The first-order chi connectivity index (χ1) is 13.6. The molecule has 0 spiro atoms. The van der Waals surface area contributed by atoms with Crippen LogP contribution in [0, 0.1) is 0 Å². The van der Waals surface area contributed by atoms with E-state index in [0.717, 1.165) is 0 Å². The van der Waals surface area contributed by atoms with E-state index in [4.69, 9.17) is 68.1 Å². The average molecular weight is 497 g/mol. The second-order valence-electron chi connectivity index (χ2n) is 5.62. The van der Waals surface area contributed by atoms with Crippen molar-refractivity contribution in [3.8, 4) is 11.5 Å². The zero-order chi connectivity index (χ0) is 21.6. The smallest absolute Gasteiger partial charge is 0.253 e. The van der Waals surface area contributed by atoms with E-state index in [1.165, 1.54) is 20.3 Å². The molecule has 2 aromatic rings. The molecule has 0 bridgehead atoms. The first-order valence-electron chi connectivity index (χ1n) is 8.06. The van der Waals surface area contributed by atoms with Gasteiger partial charge < -0.3 is 25.4 Å². The van der Waals surface area contributed by atoms with Crippen molar-refractivity contribution in [2.24, 2.45) is 0 Å². The topological polar surface area (TPSA) is 71.6 Å². The minimum Gasteiger partial charge on any atom is -0.497 e. The summed E-state index contributed by atoms with van der Waals surface area (Å²) >= 11 is 29.2. The monoisotopic (exact) mass is 495 g/mol. The van der Waals surface area contributed by atoms with Gasteiger partial charge >= 0.3 is 0 Å². The van der Waals surface area contributed by atoms with Gasteiger partial charge in [-0.05, 0) is 42.5 Å². The van der Waals surface area contributed by atoms with E-state index in [0.29, 0.717) is 27.8 Å². The standard InChI is InChI=1S/C18H17Cl4N3O3S/c1-27-12-6-7-14(28-2)13(9-12)23-17(29)25-16(18(20,21)22)24-15(26)10-4-3-5-11(19)8-10/h3-9,16H,1-2H3,(H,24,26)(H2,23,25,29)/t16-/m0/s1. The van der Waals surface area contributed by atoms with E-state index in [1.807, 2.05) is 0 Å². The highest BCUT2D eigenvalue weighted by Crippen LogP contribution is 2.31. The molecule has 0 unspecified atom stereocenters. The molecule has 11 heteroatoms. The van der Waals surface area contributed by atoms with Gasteiger partial charge in [0.2, 0.25) is 3.79 Å². The summed E-state index contributed by atoms with van der Waals surface area (Å²) in [6.07, 6.45) is -1.14. The fourth-order valence-corrected chi connectivity index (χ4v) is 2.99. The van der Waals surface area contributed by atoms with Crippen LogP contribution < -0.4 is 25.4 Å². The molecule has 0 fully saturated rings. The lowest BCUT2D eigenvalue weighted by Crippen LogP contribution is -2.56. The number of amides is 1. The number of hydrogen-bond acceptors (Lipinski definition) is 4. The van der Waals surface area contributed by atoms with Crippen LogP contribution in [-0.4, -0.2) is 35.2 Å². The van der Waals surface area contributed by atoms with Crippen LogP contribution in [0.25, 0.3) is 0 Å². The fraction of sp³-hybridized carbons (Fsp3) is 0.222. The zero-order valence-electron chi connectivity index (χ0n) is 15.3. The Balaban J connectivity index is 2.14. The first-order valence-corrected chi connectivity index (χ1v) is 9.98. The second kappa shape index (κ2) is 10.4. The third kappa shape index (κ3) is 6.97. The summed E-state index contributed by atoms with van der Waals surface area (Å²) in [6, 6.07) is 11.5. The SMILES string of the molecule is COc1ccc(OC)c(NC(=S)N[C@H](NC(=O)c2cccc(Cl)c2)C(Cl)(Cl)Cl)c1. The molecule has 1 amide bonds. The van der Waals surface area contributed by atoms with E-state index in [9.17, 15) is 4.79 Å². The number of rotatable bonds is 6. The Kier molecular flexibility index (Phi) is 8.48. The number of hydrogen-bond donors (Lipinski definition) is 3. The van der Waals surface area contributed by atoms with E-state index in [1.54, 1.807) is 36.4 Å². The molecule has 0 aliphatic heterocycles. The van der Waals surface area contributed by atoms with Gasteiger partial charge in [0.05, 0.1) is 19.9 Å². The van der Waals surface area contributed by atoms with Crippen molar-refractivity contribution in [3.05, 3.63) is 53.1 Å². The predicted octanol–water partition coefficient (Wildman–Crippen LogP) is 4.77. The summed E-state index contributed by atoms with van der Waals surface area (Å²) in [4.78, 5) is 12.5. The maximum Gasteiger partial charge on any atom is 0.253 e. The summed E-state index contributed by atoms with van der Waals surface area (Å²) in [5.41, 5.74) is 0.820. The number of thiocarbonyl (C=S) groups is 1. The van der Waals surface area contributed by atoms with Crippen molar-refractivity contribution in [1.29, 1.82) is 0 Å². The van der Waals surface area contributed by atoms with E-state index in [2.05, 4.69) is 16.0 Å². The quantitative estimate of drug-likeness (QED) is 0.304. The van der Waals surface area contributed by atoms with Crippen LogP contribution in [0.2, 0.25) is 5.02 Å². The van der Waals surface area contributed by atoms with Crippen LogP contribution in [0.4, 0.5) is 5.69 Å². The molecular formula is C18H17Cl4N3O3S. The number of nitrogens with one attached hydrogen (secondary N) is 3. The van der Waals surface area contributed by atoms with Gasteiger partial charge in [0.1, 0.15) is 17.7 Å². The Morgan fingerprint density at radius 3 is 2.38 bits per heavy atom. The number of carbonyl (C=O) groups excluding carboxylic acids is 1. The highest BCUT2D eigenvalue weighted by Gasteiger charge is 2.35. The molecule has 0 saturated heterocycles. The van der Waals surface area contributed by atoms with E-state index in [-0.39, 0.29) is 5.11 Å². The molecule has 0 radical (unpaired) electrons. The average Bonchev–Trinajstić information content (AvgIpc) is 2.66. The molecular weight excluding hydrogens is 480 g/mol. The summed E-state index contributed by atoms with van der Waals surface area (Å²) < 4.78 is 8.57. The third-order valence-electron chi connectivity index (χ3n) is 3.62. The minimum atomic E-state index is -1.90. The maximum atomic E-state index is 12.5. The number of methoxy groups -OCH3 is 2. The minimum absolute atomic E-state index is 0.0827. The summed E-state index contributed by atoms with van der Waals surface area (Å²) in [6.45, 7) is 0. The Labute approximate surface area is 193 Å². The number of halogens is 4. The van der Waals surface area contributed by atoms with Crippen molar-refractivity contribution in [1.82, 2.24) is 10.6 Å². The molecule has 0 aliphatic carbocycles. The Hall–Kier alpha value is -1.64. The van der Waals surface area contributed by atoms with Crippen LogP contribution in [0.5, 0.6) is 11.5 Å². The Bertz CT molecular complexity index is 893. The van der Waals surface area contributed by atoms with Crippen LogP contribution in [0.15, 0.2) is 42.5 Å². The molecule has 2 rings (SSSR count). The van der Waals surface area contributed by atoms with Crippen molar-refractivity contribution in [3.63, 3.8) is 0 Å². The van der Waals surface area contributed by atoms with Gasteiger partial charge in [0, 0.05) is 16.7 Å². The molecule has 156 valence electrons. The normalized spacial score (nSPS) is 11.9. The number of carbonyl (C=O) groups is 1. The number of ether oxygens (including phenoxy) is 2. The van der Waals surface area contributed by atoms with Crippen LogP contribution >= 0.6 is 58.6 Å². The molecule has 2 aromatic carbocycles. The van der Waals surface area contributed by atoms with E-state index < -0.39 is 15.9 Å². The predicted molar refractivity (Wildman–Crippen MR) is 122 cm³/mol. The summed E-state index contributed by atoms with van der Waals surface area (Å²) in [7, 11) is 3.05. The van der Waals surface area contributed by atoms with Gasteiger partial charge in [-0.1, -0.05) is 52.5 Å². The number of alkyl halides is 3. The lowest BCUT2D eigenvalue weighted by atomic mass is 10.2. The van der Waals surface area contributed by atoms with Crippen molar-refractivity contribution in [2.75, 3.05) is 19.5 Å². The highest BCUT2D eigenvalue weighted by atomic mass is 35.6. The van der Waals surface area contributed by atoms with Crippen LogP contribution in [0.3, 0.4) is 0 Å². The molecule has 1 atom stereocenters. The van der Waals surface area contributed by atoms with Gasteiger partial charge in [-0.3, -0.25) is 4.79 Å². The Morgan fingerprint density at radius 2 is 1.79 bits per heavy atom. The molecule has 0 saturated carbocycles. The van der Waals surface area contributed by atoms with Gasteiger partial charge in [-0.2, -0.15) is 0 Å². The van der Waals surface area contributed by atoms with Gasteiger partial charge in [-0.15, -0.1) is 0 Å². The van der Waals surface area contributed by atoms with Crippen LogP contribution in [-0.2, 0) is 0 Å². The van der Waals surface area contributed by atoms with Crippen LogP contribution in [0.1, 0.15) is 10.4 Å². The zero-order valence-corrected chi connectivity index (χ0v) is 19.1. The third-order valence-corrected chi connectivity index (χ3v) is 4.73. The lowest BCUT2D eigenvalue weighted by Gasteiger charge is -2.28. The van der Waals surface area contributed by atoms with Gasteiger partial charge in [0.25, 0.3) is 5.91 Å². The van der Waals surface area contributed by atoms with Gasteiger partial charge in [-0.25, -0.2) is 0 Å². The molecule has 29 heavy (non-hydrogen) atoms. The summed E-state index contributed by atoms with van der Waals surface area (Å²) in [5.74, 6) is 0.602. The number of anilines is 1. The van der Waals surface area contributed by atoms with Crippen molar-refractivity contribution >= 4 is 75.3 Å². The molecule has 6 nitrogen and oxygen atoms in total. The summed E-state index contributed by atoms with van der Waals surface area (Å²) in [5, 5.41) is 8.76. The molecule has 3 N–H and O–H groups in total. The Morgan fingerprint density at radius 1 is 1.07 bits per heavy atom. The maximum absolute atomic E-state index is 12.5. The largest absolute Gasteiger partial charge is 0.497 e. The second-order valence-corrected chi connectivity index (χ2v) is 8.84. The van der Waals surface area contributed by atoms with E-state index >= 15 is 0 Å². The van der Waals surface area contributed by atoms with Gasteiger partial charge in [0.15, 0.2) is 5.11 Å². The first kappa shape index (κ1) is 23.6. The molecule has 0 aromatic heterocycles. The molecule has 0 heterocycles. The van der Waals surface area contributed by atoms with Crippen molar-refractivity contribution in [2.45, 2.75) is 9.96 Å². The fourth-order valence-electron chi connectivity index (χ4n) is 2.25. The lowest BCUT2D eigenvalue weighted by molar-refractivity contribution is 0.0934.